The van der Waals surface area contributed by atoms with Crippen LogP contribution in [-0.2, 0) is 19.2 Å². The Morgan fingerprint density at radius 1 is 1.22 bits per heavy atom. The Morgan fingerprint density at radius 2 is 1.96 bits per heavy atom. The van der Waals surface area contributed by atoms with Gasteiger partial charge in [0, 0.05) is 6.08 Å². The molecule has 0 aliphatic heterocycles. The third kappa shape index (κ3) is 9.83. The molecule has 12 heteroatoms. The zero-order valence-corrected chi connectivity index (χ0v) is 14.5. The molecule has 0 heterocycles. The van der Waals surface area contributed by atoms with Crippen molar-refractivity contribution in [3.8, 4) is 11.5 Å². The van der Waals surface area contributed by atoms with Crippen LogP contribution in [0.15, 0.2) is 24.3 Å². The molecule has 0 spiro atoms. The molecule has 5 N–H and O–H groups in total. The maximum Gasteiger partial charge on any atom is 0.330 e. The van der Waals surface area contributed by atoms with Crippen molar-refractivity contribution in [2.45, 2.75) is 18.9 Å². The third-order valence-electron chi connectivity index (χ3n) is 3.15. The van der Waals surface area contributed by atoms with E-state index in [0.717, 1.165) is 0 Å². The maximum atomic E-state index is 11.7. The summed E-state index contributed by atoms with van der Waals surface area (Å²) in [6.45, 7) is -0.401. The summed E-state index contributed by atoms with van der Waals surface area (Å²) in [6, 6.07) is 4.56. The molecule has 0 amide bonds. The second-order valence-corrected chi connectivity index (χ2v) is 5.10. The van der Waals surface area contributed by atoms with Gasteiger partial charge in [-0.25, -0.2) is 14.5 Å². The highest BCUT2D eigenvalue weighted by Crippen LogP contribution is 2.26. The highest BCUT2D eigenvalue weighted by molar-refractivity contribution is 5.87. The largest absolute Gasteiger partial charge is 0.504 e. The fraction of sp³-hybridized carbons (Fsp3) is 0.400. The lowest BCUT2D eigenvalue weighted by Crippen LogP contribution is -2.31. The molecule has 0 aliphatic rings. The van der Waals surface area contributed by atoms with E-state index in [1.54, 1.807) is 12.1 Å². The van der Waals surface area contributed by atoms with E-state index in [1.165, 1.54) is 25.3 Å². The standard InChI is InChI=1S/C15H22N2O10/c1-24-14-9-11(4-6-13(14)18)5-7-15(19)25-8-2-3-12(27-17(22)23)10-26-16(20)21/h4-7,9,12,18,20-23H,2-3,8,10H2,1H3/b7-5+. The topological polar surface area (TPSA) is 162 Å². The van der Waals surface area contributed by atoms with Crippen molar-refractivity contribution in [2.75, 3.05) is 20.3 Å². The van der Waals surface area contributed by atoms with Crippen molar-refractivity contribution in [1.29, 1.82) is 0 Å². The van der Waals surface area contributed by atoms with Gasteiger partial charge in [-0.05, 0) is 36.6 Å². The molecule has 1 rings (SSSR count). The number of carbonyl (C=O) groups excluding carboxylic acids is 1. The second kappa shape index (κ2) is 12.2. The van der Waals surface area contributed by atoms with Crippen molar-refractivity contribution in [3.05, 3.63) is 29.8 Å². The van der Waals surface area contributed by atoms with Crippen molar-refractivity contribution in [2.24, 2.45) is 0 Å². The zero-order chi connectivity index (χ0) is 20.2. The summed E-state index contributed by atoms with van der Waals surface area (Å²) in [5.41, 5.74) is 0.621. The van der Waals surface area contributed by atoms with Crippen LogP contribution < -0.4 is 4.74 Å². The Bertz CT molecular complexity index is 608. The normalized spacial score (nSPS) is 12.7. The average Bonchev–Trinajstić information content (AvgIpc) is 2.61. The fourth-order valence-electron chi connectivity index (χ4n) is 1.94. The Hall–Kier alpha value is -2.29. The first kappa shape index (κ1) is 22.8. The van der Waals surface area contributed by atoms with Gasteiger partial charge in [0.05, 0.1) is 24.5 Å². The Morgan fingerprint density at radius 3 is 2.59 bits per heavy atom. The number of hydrogen-bond acceptors (Lipinski definition) is 12. The molecular formula is C15H22N2O10. The Balaban J connectivity index is 2.38. The highest BCUT2D eigenvalue weighted by Gasteiger charge is 2.15. The van der Waals surface area contributed by atoms with Gasteiger partial charge in [0.2, 0.25) is 0 Å². The third-order valence-corrected chi connectivity index (χ3v) is 3.15. The first-order valence-electron chi connectivity index (χ1n) is 7.69. The minimum absolute atomic E-state index is 0.000748. The molecule has 1 aromatic rings. The molecule has 152 valence electrons. The number of benzene rings is 1. The van der Waals surface area contributed by atoms with Crippen LogP contribution in [0.3, 0.4) is 0 Å². The molecule has 1 atom stereocenters. The lowest BCUT2D eigenvalue weighted by molar-refractivity contribution is -0.527. The number of nitrogens with zero attached hydrogens (tertiary/aromatic N) is 2. The van der Waals surface area contributed by atoms with E-state index >= 15 is 0 Å². The second-order valence-electron chi connectivity index (χ2n) is 5.10. The van der Waals surface area contributed by atoms with E-state index < -0.39 is 29.5 Å². The summed E-state index contributed by atoms with van der Waals surface area (Å²) in [5, 5.41) is 42.6. The van der Waals surface area contributed by atoms with Crippen LogP contribution in [0.1, 0.15) is 18.4 Å². The first-order chi connectivity index (χ1) is 12.8. The number of phenols is 1. The smallest absolute Gasteiger partial charge is 0.330 e. The molecule has 0 fully saturated rings. The molecule has 12 nitrogen and oxygen atoms in total. The maximum absolute atomic E-state index is 11.7. The lowest BCUT2D eigenvalue weighted by Gasteiger charge is -2.18. The molecule has 0 saturated carbocycles. The van der Waals surface area contributed by atoms with Crippen molar-refractivity contribution >= 4 is 12.0 Å². The van der Waals surface area contributed by atoms with E-state index in [2.05, 4.69) is 9.68 Å². The van der Waals surface area contributed by atoms with Crippen LogP contribution in [0, 0.1) is 0 Å². The molecule has 0 aliphatic carbocycles. The van der Waals surface area contributed by atoms with Gasteiger partial charge in [0.15, 0.2) is 11.5 Å². The van der Waals surface area contributed by atoms with E-state index in [4.69, 9.17) is 30.3 Å². The van der Waals surface area contributed by atoms with Crippen molar-refractivity contribution in [1.82, 2.24) is 10.8 Å². The first-order valence-corrected chi connectivity index (χ1v) is 7.69. The summed E-state index contributed by atoms with van der Waals surface area (Å²) >= 11 is 0. The molecule has 0 aromatic heterocycles. The van der Waals surface area contributed by atoms with Crippen molar-refractivity contribution < 1.29 is 49.9 Å². The monoisotopic (exact) mass is 390 g/mol. The number of phenolic OH excluding ortho intramolecular Hbond substituents is 1. The number of rotatable bonds is 12. The molecule has 27 heavy (non-hydrogen) atoms. The fourth-order valence-corrected chi connectivity index (χ4v) is 1.94. The molecule has 1 unspecified atom stereocenters. The lowest BCUT2D eigenvalue weighted by atomic mass is 10.2. The molecule has 1 aromatic carbocycles. The van der Waals surface area contributed by atoms with E-state index in [-0.39, 0.29) is 30.9 Å². The Kier molecular flexibility index (Phi) is 10.2. The predicted molar refractivity (Wildman–Crippen MR) is 85.5 cm³/mol. The number of hydrogen-bond donors (Lipinski definition) is 5. The van der Waals surface area contributed by atoms with Crippen LogP contribution in [0.5, 0.6) is 11.5 Å². The number of methoxy groups -OCH3 is 1. The Labute approximate surface area is 154 Å². The van der Waals surface area contributed by atoms with Crippen LogP contribution >= 0.6 is 0 Å². The van der Waals surface area contributed by atoms with Gasteiger partial charge in [-0.1, -0.05) is 6.07 Å². The van der Waals surface area contributed by atoms with Gasteiger partial charge in [-0.3, -0.25) is 20.8 Å². The number of carbonyl (C=O) groups is 1. The summed E-state index contributed by atoms with van der Waals surface area (Å²) in [6.07, 6.45) is 2.15. The van der Waals surface area contributed by atoms with E-state index in [0.29, 0.717) is 5.56 Å². The van der Waals surface area contributed by atoms with Gasteiger partial charge in [-0.15, -0.1) is 0 Å². The van der Waals surface area contributed by atoms with Gasteiger partial charge in [0.25, 0.3) is 0 Å². The van der Waals surface area contributed by atoms with Gasteiger partial charge in [0.1, 0.15) is 12.7 Å². The molecule has 0 radical (unpaired) electrons. The number of ether oxygens (including phenoxy) is 2. The van der Waals surface area contributed by atoms with E-state index in [9.17, 15) is 9.90 Å². The molecular weight excluding hydrogens is 368 g/mol. The summed E-state index contributed by atoms with van der Waals surface area (Å²) in [4.78, 5) is 20.5. The zero-order valence-electron chi connectivity index (χ0n) is 14.5. The highest BCUT2D eigenvalue weighted by atomic mass is 17.1. The predicted octanol–water partition coefficient (Wildman–Crippen LogP) is 1.13. The van der Waals surface area contributed by atoms with E-state index in [1.807, 2.05) is 0 Å². The summed E-state index contributed by atoms with van der Waals surface area (Å²) in [7, 11) is 1.41. The van der Waals surface area contributed by atoms with Gasteiger partial charge >= 0.3 is 5.97 Å². The summed E-state index contributed by atoms with van der Waals surface area (Å²) in [5.74, 6) is -0.365. The van der Waals surface area contributed by atoms with Crippen LogP contribution in [0.2, 0.25) is 0 Å². The average molecular weight is 390 g/mol. The van der Waals surface area contributed by atoms with Gasteiger partial charge in [-0.2, -0.15) is 0 Å². The quantitative estimate of drug-likeness (QED) is 0.150. The number of esters is 1. The molecule has 0 bridgehead atoms. The van der Waals surface area contributed by atoms with Crippen LogP contribution in [0.25, 0.3) is 6.08 Å². The summed E-state index contributed by atoms with van der Waals surface area (Å²) < 4.78 is 9.94. The van der Waals surface area contributed by atoms with Crippen molar-refractivity contribution in [3.63, 3.8) is 0 Å². The number of aromatic hydroxyl groups is 1. The van der Waals surface area contributed by atoms with Gasteiger partial charge < -0.3 is 14.6 Å². The van der Waals surface area contributed by atoms with Crippen LogP contribution in [0.4, 0.5) is 0 Å². The minimum atomic E-state index is -0.944. The SMILES string of the molecule is COc1cc(/C=C/C(=O)OCCCC(CON(O)O)ON(O)O)ccc1O. The minimum Gasteiger partial charge on any atom is -0.504 e. The van der Waals surface area contributed by atoms with Crippen LogP contribution in [-0.4, -0.2) is 69.1 Å². The molecule has 0 saturated heterocycles.